The second kappa shape index (κ2) is 6.89. The molecule has 1 heterocycles. The van der Waals surface area contributed by atoms with E-state index in [9.17, 15) is 9.65 Å². The fourth-order valence-corrected chi connectivity index (χ4v) is 4.97. The highest BCUT2D eigenvalue weighted by Crippen LogP contribution is 2.56. The number of rotatable bonds is 5. The topological polar surface area (TPSA) is 39.6 Å². The van der Waals surface area contributed by atoms with Crippen LogP contribution in [0.15, 0.2) is 42.6 Å². The average Bonchev–Trinajstić information content (AvgIpc) is 3.33. The molecule has 1 aromatic heterocycles. The summed E-state index contributed by atoms with van der Waals surface area (Å²) in [5, 5.41) is 11.0. The number of aromatic nitrogens is 1. The molecule has 4 rings (SSSR count). The Labute approximate surface area is 167 Å². The molecule has 138 valence electrons. The number of nitriles is 1. The molecule has 1 saturated carbocycles. The molecule has 3 aromatic rings. The number of benzene rings is 2. The Hall–Kier alpha value is -1.96. The van der Waals surface area contributed by atoms with Crippen LogP contribution in [0.1, 0.15) is 30.0 Å². The predicted octanol–water partition coefficient (Wildman–Crippen LogP) is 6.29. The molecule has 1 aliphatic carbocycles. The van der Waals surface area contributed by atoms with Gasteiger partial charge in [0.1, 0.15) is 5.82 Å². The van der Waals surface area contributed by atoms with Crippen molar-refractivity contribution in [3.05, 3.63) is 70.1 Å². The number of hydrogen-bond donors (Lipinski definition) is 1. The minimum atomic E-state index is -0.381. The zero-order valence-corrected chi connectivity index (χ0v) is 16.8. The summed E-state index contributed by atoms with van der Waals surface area (Å²) in [7, 11) is 0. The maximum atomic E-state index is 14.4. The van der Waals surface area contributed by atoms with Crippen molar-refractivity contribution < 1.29 is 4.39 Å². The third-order valence-corrected chi connectivity index (χ3v) is 6.69. The third-order valence-electron chi connectivity index (χ3n) is 5.84. The van der Waals surface area contributed by atoms with E-state index in [4.69, 9.17) is 11.6 Å². The van der Waals surface area contributed by atoms with Crippen molar-refractivity contribution in [3.8, 4) is 6.07 Å². The Bertz CT molecular complexity index is 1040. The van der Waals surface area contributed by atoms with Gasteiger partial charge in [0.25, 0.3) is 0 Å². The lowest BCUT2D eigenvalue weighted by Crippen LogP contribution is -2.27. The molecule has 1 aliphatic rings. The number of nitrogens with zero attached hydrogens (tertiary/aromatic N) is 1. The minimum Gasteiger partial charge on any atom is -0.361 e. The molecular weight excluding hydrogens is 379 g/mol. The molecule has 0 spiro atoms. The first kappa shape index (κ1) is 18.4. The highest BCUT2D eigenvalue weighted by Gasteiger charge is 2.53. The number of nitrogens with one attached hydrogen (secondary N) is 1. The molecule has 1 N–H and O–H groups in total. The minimum absolute atomic E-state index is 0.0230. The molecule has 0 aliphatic heterocycles. The predicted molar refractivity (Wildman–Crippen MR) is 111 cm³/mol. The van der Waals surface area contributed by atoms with Gasteiger partial charge in [0, 0.05) is 33.3 Å². The van der Waals surface area contributed by atoms with Crippen LogP contribution >= 0.6 is 23.4 Å². The summed E-state index contributed by atoms with van der Waals surface area (Å²) in [5.41, 5.74) is 3.72. The molecule has 5 heteroatoms. The van der Waals surface area contributed by atoms with E-state index in [1.165, 1.54) is 0 Å². The van der Waals surface area contributed by atoms with E-state index in [0.717, 1.165) is 39.8 Å². The number of aromatic amines is 1. The van der Waals surface area contributed by atoms with Crippen LogP contribution in [0.25, 0.3) is 10.9 Å². The van der Waals surface area contributed by atoms with Crippen LogP contribution in [-0.2, 0) is 11.2 Å². The molecular formula is C22H20ClFN2S. The van der Waals surface area contributed by atoms with Crippen LogP contribution in [0.4, 0.5) is 4.39 Å². The first-order valence-electron chi connectivity index (χ1n) is 8.93. The smallest absolute Gasteiger partial charge is 0.124 e. The Morgan fingerprint density at radius 1 is 1.33 bits per heavy atom. The van der Waals surface area contributed by atoms with Gasteiger partial charge in [-0.25, -0.2) is 4.39 Å². The standard InChI is InChI=1S/C22H20ClFN2S/c1-22(19-8-13(19)10-25,15-3-5-16(23)6-4-15)20-11-26-21-14(12-27-2)7-17(24)9-18(20)21/h3-7,9,11,13,19,26H,8,12H2,1-2H3. The zero-order valence-electron chi connectivity index (χ0n) is 15.2. The molecule has 0 amide bonds. The van der Waals surface area contributed by atoms with Gasteiger partial charge >= 0.3 is 0 Å². The van der Waals surface area contributed by atoms with Crippen molar-refractivity contribution >= 4 is 34.3 Å². The second-order valence-corrected chi connectivity index (χ2v) is 8.71. The van der Waals surface area contributed by atoms with Crippen LogP contribution in [0.5, 0.6) is 0 Å². The Kier molecular flexibility index (Phi) is 4.70. The highest BCUT2D eigenvalue weighted by molar-refractivity contribution is 7.97. The Balaban J connectivity index is 1.94. The summed E-state index contributed by atoms with van der Waals surface area (Å²) >= 11 is 7.77. The first-order chi connectivity index (χ1) is 13.0. The van der Waals surface area contributed by atoms with Gasteiger partial charge in [-0.05, 0) is 59.6 Å². The van der Waals surface area contributed by atoms with E-state index in [1.54, 1.807) is 23.9 Å². The quantitative estimate of drug-likeness (QED) is 0.548. The maximum Gasteiger partial charge on any atom is 0.124 e. The summed E-state index contributed by atoms with van der Waals surface area (Å²) in [6.07, 6.45) is 4.87. The lowest BCUT2D eigenvalue weighted by molar-refractivity contribution is 0.483. The SMILES string of the molecule is CSCc1cc(F)cc2c(C(C)(c3ccc(Cl)cc3)C3CC3C#N)c[nH]c12. The van der Waals surface area contributed by atoms with E-state index in [0.29, 0.717) is 5.02 Å². The van der Waals surface area contributed by atoms with Gasteiger partial charge in [-0.2, -0.15) is 17.0 Å². The third kappa shape index (κ3) is 3.03. The highest BCUT2D eigenvalue weighted by atomic mass is 35.5. The largest absolute Gasteiger partial charge is 0.361 e. The fourth-order valence-electron chi connectivity index (χ4n) is 4.31. The molecule has 27 heavy (non-hydrogen) atoms. The van der Waals surface area contributed by atoms with Crippen LogP contribution in [-0.4, -0.2) is 11.2 Å². The molecule has 0 saturated heterocycles. The zero-order chi connectivity index (χ0) is 19.2. The van der Waals surface area contributed by atoms with Gasteiger partial charge in [0.15, 0.2) is 0 Å². The molecule has 0 bridgehead atoms. The Morgan fingerprint density at radius 2 is 2.07 bits per heavy atom. The van der Waals surface area contributed by atoms with Gasteiger partial charge in [-0.1, -0.05) is 30.7 Å². The first-order valence-corrected chi connectivity index (χ1v) is 10.7. The summed E-state index contributed by atoms with van der Waals surface area (Å²) in [5.74, 6) is 0.749. The van der Waals surface area contributed by atoms with Crippen molar-refractivity contribution in [2.45, 2.75) is 24.5 Å². The number of fused-ring (bicyclic) bond motifs is 1. The van der Waals surface area contributed by atoms with Crippen molar-refractivity contribution in [1.29, 1.82) is 5.26 Å². The van der Waals surface area contributed by atoms with E-state index < -0.39 is 0 Å². The van der Waals surface area contributed by atoms with E-state index >= 15 is 0 Å². The second-order valence-electron chi connectivity index (χ2n) is 7.41. The van der Waals surface area contributed by atoms with Gasteiger partial charge in [0.2, 0.25) is 0 Å². The van der Waals surface area contributed by atoms with Crippen molar-refractivity contribution in [2.24, 2.45) is 11.8 Å². The number of halogens is 2. The van der Waals surface area contributed by atoms with E-state index in [2.05, 4.69) is 18.0 Å². The molecule has 0 radical (unpaired) electrons. The summed E-state index contributed by atoms with van der Waals surface area (Å²) in [6.45, 7) is 2.17. The summed E-state index contributed by atoms with van der Waals surface area (Å²) in [6, 6.07) is 13.4. The average molecular weight is 399 g/mol. The maximum absolute atomic E-state index is 14.4. The molecule has 2 aromatic carbocycles. The number of H-pyrrole nitrogens is 1. The van der Waals surface area contributed by atoms with Gasteiger partial charge in [-0.3, -0.25) is 0 Å². The normalized spacial score (nSPS) is 21.0. The van der Waals surface area contributed by atoms with Crippen LogP contribution in [0, 0.1) is 29.0 Å². The van der Waals surface area contributed by atoms with Crippen molar-refractivity contribution in [1.82, 2.24) is 4.98 Å². The lowest BCUT2D eigenvalue weighted by atomic mass is 9.71. The van der Waals surface area contributed by atoms with E-state index in [-0.39, 0.29) is 23.1 Å². The van der Waals surface area contributed by atoms with Crippen molar-refractivity contribution in [3.63, 3.8) is 0 Å². The Morgan fingerprint density at radius 3 is 2.70 bits per heavy atom. The van der Waals surface area contributed by atoms with Crippen molar-refractivity contribution in [2.75, 3.05) is 6.26 Å². The van der Waals surface area contributed by atoms with Crippen LogP contribution < -0.4 is 0 Å². The number of hydrogen-bond acceptors (Lipinski definition) is 2. The summed E-state index contributed by atoms with van der Waals surface area (Å²) < 4.78 is 14.4. The molecule has 2 nitrogen and oxygen atoms in total. The van der Waals surface area contributed by atoms with Crippen LogP contribution in [0.3, 0.4) is 0 Å². The molecule has 1 fully saturated rings. The van der Waals surface area contributed by atoms with Gasteiger partial charge in [-0.15, -0.1) is 0 Å². The summed E-state index contributed by atoms with van der Waals surface area (Å²) in [4.78, 5) is 3.38. The van der Waals surface area contributed by atoms with E-state index in [1.807, 2.05) is 36.7 Å². The number of thioether (sulfide) groups is 1. The monoisotopic (exact) mass is 398 g/mol. The molecule has 3 atom stereocenters. The molecule has 3 unspecified atom stereocenters. The van der Waals surface area contributed by atoms with Gasteiger partial charge < -0.3 is 4.98 Å². The lowest BCUT2D eigenvalue weighted by Gasteiger charge is -2.31. The van der Waals surface area contributed by atoms with Crippen LogP contribution in [0.2, 0.25) is 5.02 Å². The fraction of sp³-hybridized carbons (Fsp3) is 0.318. The van der Waals surface area contributed by atoms with Gasteiger partial charge in [0.05, 0.1) is 12.0 Å².